The minimum atomic E-state index is -0.350. The Morgan fingerprint density at radius 2 is 0.800 bits per heavy atom. The van der Waals surface area contributed by atoms with Crippen LogP contribution in [0.4, 0.5) is 0 Å². The molecule has 8 heteroatoms. The summed E-state index contributed by atoms with van der Waals surface area (Å²) in [6.07, 6.45) is -1.05. The van der Waals surface area contributed by atoms with Crippen molar-refractivity contribution in [2.75, 3.05) is 24.2 Å². The molecule has 0 aromatic heterocycles. The van der Waals surface area contributed by atoms with E-state index in [4.69, 9.17) is 66.8 Å². The zero-order valence-electron chi connectivity index (χ0n) is 12.4. The highest BCUT2D eigenvalue weighted by Gasteiger charge is 1.85. The zero-order chi connectivity index (χ0) is 17.1. The van der Waals surface area contributed by atoms with Crippen molar-refractivity contribution < 1.29 is 20.4 Å². The molecular formula is C12H28Cl4O4. The number of hydrogen-bond acceptors (Lipinski definition) is 4. The van der Waals surface area contributed by atoms with Gasteiger partial charge in [-0.3, -0.25) is 0 Å². The summed E-state index contributed by atoms with van der Waals surface area (Å²) >= 11 is 20.5. The average Bonchev–Trinajstić information content (AvgIpc) is 2.40. The summed E-state index contributed by atoms with van der Waals surface area (Å²) in [5.41, 5.74) is 0. The molecule has 0 aliphatic rings. The second-order valence-electron chi connectivity index (χ2n) is 3.97. The molecule has 0 rings (SSSR count). The Kier molecular flexibility index (Phi) is 36.3. The third-order valence-corrected chi connectivity index (χ3v) is 2.40. The molecule has 0 bridgehead atoms. The molecule has 4 N–H and O–H groups in total. The topological polar surface area (TPSA) is 80.9 Å². The third kappa shape index (κ3) is 76.0. The molecule has 20 heavy (non-hydrogen) atoms. The van der Waals surface area contributed by atoms with Gasteiger partial charge in [0.15, 0.2) is 0 Å². The molecule has 0 heterocycles. The van der Waals surface area contributed by atoms with Gasteiger partial charge in [0, 0.05) is 17.6 Å². The van der Waals surface area contributed by atoms with Crippen LogP contribution in [0.1, 0.15) is 27.7 Å². The van der Waals surface area contributed by atoms with E-state index in [0.29, 0.717) is 17.6 Å². The van der Waals surface area contributed by atoms with E-state index in [1.54, 1.807) is 27.7 Å². The fraction of sp³-hybridized carbons (Fsp3) is 1.00. The third-order valence-electron chi connectivity index (χ3n) is 0.922. The standard InChI is InChI=1S/4C3H7ClO/c1-3(4)2-5;3*1-3(5)2-4/h4*3,5H,2H2,1H3. The van der Waals surface area contributed by atoms with Crippen LogP contribution in [0.2, 0.25) is 0 Å². The lowest BCUT2D eigenvalue weighted by Crippen LogP contribution is -1.98. The lowest BCUT2D eigenvalue weighted by Gasteiger charge is -1.88. The van der Waals surface area contributed by atoms with E-state index in [1.807, 2.05) is 0 Å². The van der Waals surface area contributed by atoms with E-state index in [9.17, 15) is 0 Å². The van der Waals surface area contributed by atoms with Crippen LogP contribution in [0.3, 0.4) is 0 Å². The van der Waals surface area contributed by atoms with Gasteiger partial charge in [0.25, 0.3) is 0 Å². The molecule has 0 fully saturated rings. The van der Waals surface area contributed by atoms with Gasteiger partial charge in [-0.25, -0.2) is 0 Å². The first-order valence-electron chi connectivity index (χ1n) is 6.05. The van der Waals surface area contributed by atoms with Gasteiger partial charge in [-0.2, -0.15) is 0 Å². The summed E-state index contributed by atoms with van der Waals surface area (Å²) in [4.78, 5) is 0. The highest BCUT2D eigenvalue weighted by Crippen LogP contribution is 1.86. The molecule has 0 saturated heterocycles. The maximum absolute atomic E-state index is 8.23. The summed E-state index contributed by atoms with van der Waals surface area (Å²) in [6, 6.07) is 0. The molecule has 4 nitrogen and oxygen atoms in total. The van der Waals surface area contributed by atoms with Gasteiger partial charge in [-0.1, -0.05) is 0 Å². The summed E-state index contributed by atoms with van der Waals surface area (Å²) < 4.78 is 0. The average molecular weight is 378 g/mol. The molecule has 0 saturated carbocycles. The van der Waals surface area contributed by atoms with Crippen LogP contribution in [-0.4, -0.2) is 68.4 Å². The van der Waals surface area contributed by atoms with Gasteiger partial charge in [0.1, 0.15) is 0 Å². The highest BCUT2D eigenvalue weighted by molar-refractivity contribution is 6.20. The molecule has 0 aliphatic carbocycles. The van der Waals surface area contributed by atoms with Crippen molar-refractivity contribution in [2.24, 2.45) is 0 Å². The molecule has 4 unspecified atom stereocenters. The second kappa shape index (κ2) is 25.0. The van der Waals surface area contributed by atoms with Crippen molar-refractivity contribution in [3.63, 3.8) is 0 Å². The predicted molar refractivity (Wildman–Crippen MR) is 89.6 cm³/mol. The Morgan fingerprint density at radius 1 is 0.700 bits per heavy atom. The Balaban J connectivity index is -0.0000000853. The highest BCUT2D eigenvalue weighted by atomic mass is 35.5. The Labute approximate surface area is 142 Å². The predicted octanol–water partition coefficient (Wildman–Crippen LogP) is 2.42. The zero-order valence-corrected chi connectivity index (χ0v) is 15.5. The lowest BCUT2D eigenvalue weighted by molar-refractivity contribution is 0.218. The van der Waals surface area contributed by atoms with Crippen molar-refractivity contribution >= 4 is 46.4 Å². The lowest BCUT2D eigenvalue weighted by atomic mass is 10.5. The monoisotopic (exact) mass is 376 g/mol. The number of aliphatic hydroxyl groups excluding tert-OH is 4. The maximum Gasteiger partial charge on any atom is 0.0647 e. The first kappa shape index (κ1) is 29.1. The Morgan fingerprint density at radius 3 is 0.800 bits per heavy atom. The number of alkyl halides is 4. The minimum Gasteiger partial charge on any atom is -0.395 e. The van der Waals surface area contributed by atoms with Gasteiger partial charge < -0.3 is 20.4 Å². The van der Waals surface area contributed by atoms with Gasteiger partial charge in [-0.05, 0) is 27.7 Å². The van der Waals surface area contributed by atoms with Crippen LogP contribution < -0.4 is 0 Å². The minimum absolute atomic E-state index is 0.0710. The second-order valence-corrected chi connectivity index (χ2v) is 5.64. The van der Waals surface area contributed by atoms with Gasteiger partial charge >= 0.3 is 0 Å². The summed E-state index contributed by atoms with van der Waals surface area (Å²) in [5.74, 6) is 1.00. The van der Waals surface area contributed by atoms with E-state index >= 15 is 0 Å². The first-order valence-corrected chi connectivity index (χ1v) is 8.09. The largest absolute Gasteiger partial charge is 0.395 e. The van der Waals surface area contributed by atoms with E-state index in [0.717, 1.165) is 0 Å². The number of aliphatic hydroxyl groups is 4. The summed E-state index contributed by atoms with van der Waals surface area (Å²) in [5, 5.41) is 32.6. The molecule has 0 aliphatic heterocycles. The molecule has 0 radical (unpaired) electrons. The van der Waals surface area contributed by atoms with E-state index in [1.165, 1.54) is 0 Å². The maximum atomic E-state index is 8.23. The van der Waals surface area contributed by atoms with E-state index in [2.05, 4.69) is 0 Å². The molecule has 0 aromatic rings. The SMILES string of the molecule is CC(Cl)CO.CC(O)CCl.CC(O)CCl.CC(O)CCl. The number of hydrogen-bond donors (Lipinski definition) is 4. The fourth-order valence-corrected chi connectivity index (χ4v) is 0. The first-order chi connectivity index (χ1) is 9.08. The molecular weight excluding hydrogens is 350 g/mol. The van der Waals surface area contributed by atoms with E-state index in [-0.39, 0.29) is 30.3 Å². The van der Waals surface area contributed by atoms with Crippen LogP contribution in [0, 0.1) is 0 Å². The summed E-state index contributed by atoms with van der Waals surface area (Å²) in [7, 11) is 0. The van der Waals surface area contributed by atoms with Crippen LogP contribution in [-0.2, 0) is 0 Å². The molecule has 0 spiro atoms. The van der Waals surface area contributed by atoms with Gasteiger partial charge in [0.05, 0.1) is 30.3 Å². The normalized spacial score (nSPS) is 15.0. The van der Waals surface area contributed by atoms with Crippen LogP contribution in [0.5, 0.6) is 0 Å². The van der Waals surface area contributed by atoms with Crippen molar-refractivity contribution in [1.82, 2.24) is 0 Å². The quantitative estimate of drug-likeness (QED) is 0.567. The van der Waals surface area contributed by atoms with Crippen molar-refractivity contribution in [1.29, 1.82) is 0 Å². The molecule has 0 aromatic carbocycles. The van der Waals surface area contributed by atoms with Crippen molar-refractivity contribution in [3.05, 3.63) is 0 Å². The van der Waals surface area contributed by atoms with Crippen molar-refractivity contribution in [2.45, 2.75) is 51.4 Å². The van der Waals surface area contributed by atoms with Crippen LogP contribution in [0.25, 0.3) is 0 Å². The fourth-order valence-electron chi connectivity index (χ4n) is 0. The molecule has 4 atom stereocenters. The smallest absolute Gasteiger partial charge is 0.0647 e. The molecule has 0 amide bonds. The summed E-state index contributed by atoms with van der Waals surface area (Å²) in [6.45, 7) is 6.75. The Hall–Kier alpha value is 1.00. The van der Waals surface area contributed by atoms with Gasteiger partial charge in [0.2, 0.25) is 0 Å². The Bertz CT molecular complexity index is 115. The van der Waals surface area contributed by atoms with Gasteiger partial charge in [-0.15, -0.1) is 46.4 Å². The number of rotatable bonds is 4. The van der Waals surface area contributed by atoms with E-state index < -0.39 is 0 Å². The van der Waals surface area contributed by atoms with Crippen LogP contribution >= 0.6 is 46.4 Å². The van der Waals surface area contributed by atoms with Crippen molar-refractivity contribution in [3.8, 4) is 0 Å². The van der Waals surface area contributed by atoms with Crippen LogP contribution in [0.15, 0.2) is 0 Å². The number of halogens is 4. The molecule has 128 valence electrons.